The quantitative estimate of drug-likeness (QED) is 0.101. The van der Waals surface area contributed by atoms with Crippen molar-refractivity contribution in [2.75, 3.05) is 9.80 Å². The summed E-state index contributed by atoms with van der Waals surface area (Å²) in [4.78, 5) is 9.36. The van der Waals surface area contributed by atoms with Crippen molar-refractivity contribution in [3.63, 3.8) is 0 Å². The Balaban J connectivity index is 1.07. The van der Waals surface area contributed by atoms with Crippen LogP contribution < -0.4 is 26.2 Å². The first-order valence-electron chi connectivity index (χ1n) is 37.8. The van der Waals surface area contributed by atoms with E-state index in [1.54, 1.807) is 0 Å². The molecule has 0 radical (unpaired) electrons. The van der Waals surface area contributed by atoms with Crippen molar-refractivity contribution in [2.24, 2.45) is 0 Å². The predicted octanol–water partition coefficient (Wildman–Crippen LogP) is 26.1. The Morgan fingerprint density at radius 1 is 0.315 bits per heavy atom. The Bertz CT molecular complexity index is 6140. The number of benzene rings is 14. The van der Waals surface area contributed by atoms with Crippen LogP contribution in [0.25, 0.3) is 110 Å². The molecule has 0 saturated heterocycles. The van der Waals surface area contributed by atoms with E-state index in [9.17, 15) is 5.26 Å². The summed E-state index contributed by atoms with van der Waals surface area (Å²) in [6.45, 7) is 35.8. The Morgan fingerprint density at radius 2 is 0.759 bits per heavy atom. The number of para-hydroxylation sites is 2. The van der Waals surface area contributed by atoms with Gasteiger partial charge in [0.15, 0.2) is 5.69 Å². The third kappa shape index (κ3) is 12.1. The first-order chi connectivity index (χ1) is 52.0. The molecule has 17 rings (SSSR count). The van der Waals surface area contributed by atoms with E-state index in [-0.39, 0.29) is 23.0 Å². The van der Waals surface area contributed by atoms with Crippen LogP contribution in [0.3, 0.4) is 0 Å². The molecule has 108 heavy (non-hydrogen) atoms. The minimum atomic E-state index is -0.390. The highest BCUT2D eigenvalue weighted by Gasteiger charge is 2.47. The second-order valence-electron chi connectivity index (χ2n) is 33.6. The third-order valence-corrected chi connectivity index (χ3v) is 22.4. The third-order valence-electron chi connectivity index (χ3n) is 22.4. The smallest absolute Gasteiger partial charge is 0.252 e. The normalized spacial score (nSPS) is 12.7. The van der Waals surface area contributed by atoms with Crippen LogP contribution in [0.1, 0.15) is 111 Å². The number of rotatable bonds is 10. The van der Waals surface area contributed by atoms with Crippen LogP contribution in [0.2, 0.25) is 0 Å². The molecule has 0 amide bonds. The molecule has 1 aromatic heterocycles. The fourth-order valence-electron chi connectivity index (χ4n) is 16.6. The lowest BCUT2D eigenvalue weighted by Gasteiger charge is -2.46. The van der Waals surface area contributed by atoms with Crippen LogP contribution in [0, 0.1) is 17.9 Å². The first kappa shape index (κ1) is 68.6. The Morgan fingerprint density at radius 3 is 1.28 bits per heavy atom. The predicted molar refractivity (Wildman–Crippen MR) is 459 cm³/mol. The van der Waals surface area contributed by atoms with Crippen LogP contribution in [0.15, 0.2) is 303 Å². The second-order valence-corrected chi connectivity index (χ2v) is 33.6. The van der Waals surface area contributed by atoms with Gasteiger partial charge in [-0.05, 0) is 201 Å². The Kier molecular flexibility index (Phi) is 16.7. The van der Waals surface area contributed by atoms with Gasteiger partial charge in [0.05, 0.1) is 40.6 Å². The lowest BCUT2D eigenvalue weighted by molar-refractivity contribution is 0.590. The lowest BCUT2D eigenvalue weighted by atomic mass is 9.33. The number of nitriles is 1. The highest BCUT2D eigenvalue weighted by Crippen LogP contribution is 2.56. The molecule has 0 atom stereocenters. The van der Waals surface area contributed by atoms with E-state index in [4.69, 9.17) is 6.57 Å². The number of hydrogen-bond acceptors (Lipinski definition) is 3. The zero-order valence-corrected chi connectivity index (χ0v) is 63.7. The number of nitrogens with zero attached hydrogens (tertiary/aromatic N) is 5. The van der Waals surface area contributed by atoms with Crippen LogP contribution >= 0.6 is 0 Å². The van der Waals surface area contributed by atoms with Crippen molar-refractivity contribution in [3.8, 4) is 89.6 Å². The molecule has 14 aromatic carbocycles. The fraction of sp³-hybridized carbons (Fsp3) is 0.157. The van der Waals surface area contributed by atoms with Crippen LogP contribution in [0.5, 0.6) is 0 Å². The summed E-state index contributed by atoms with van der Waals surface area (Å²) >= 11 is 0. The average molecular weight is 1390 g/mol. The van der Waals surface area contributed by atoms with E-state index >= 15 is 0 Å². The molecular weight excluding hydrogens is 1310 g/mol. The molecule has 15 aromatic rings. The number of hydrogen-bond donors (Lipinski definition) is 0. The van der Waals surface area contributed by atoms with Gasteiger partial charge in [0, 0.05) is 61.5 Å². The monoisotopic (exact) mass is 1390 g/mol. The van der Waals surface area contributed by atoms with Crippen molar-refractivity contribution in [3.05, 3.63) is 343 Å². The summed E-state index contributed by atoms with van der Waals surface area (Å²) < 4.78 is 2.48. The van der Waals surface area contributed by atoms with Crippen LogP contribution in [-0.2, 0) is 21.7 Å². The molecule has 0 unspecified atom stereocenters. The van der Waals surface area contributed by atoms with E-state index in [1.807, 2.05) is 36.4 Å². The first-order valence-corrected chi connectivity index (χ1v) is 37.8. The molecule has 2 aliphatic rings. The van der Waals surface area contributed by atoms with Crippen molar-refractivity contribution in [2.45, 2.75) is 105 Å². The molecule has 0 aliphatic carbocycles. The van der Waals surface area contributed by atoms with Crippen LogP contribution in [0.4, 0.5) is 39.8 Å². The number of fused-ring (bicyclic) bond motifs is 7. The molecule has 0 saturated carbocycles. The van der Waals surface area contributed by atoms with Gasteiger partial charge in [-0.25, -0.2) is 4.85 Å². The molecule has 0 N–H and O–H groups in total. The molecule has 2 aliphatic heterocycles. The Hall–Kier alpha value is -12.5. The van der Waals surface area contributed by atoms with Gasteiger partial charge in [-0.1, -0.05) is 301 Å². The van der Waals surface area contributed by atoms with E-state index in [0.29, 0.717) is 11.3 Å². The van der Waals surface area contributed by atoms with Gasteiger partial charge in [-0.3, -0.25) is 0 Å². The standard InChI is InChI=1S/C102H86BN5/c1-99(2,3)76-47-44-66(45-48-76)71-46-51-92-89(60-71)103-88-50-49-81(106-90-42-22-20-40-82(90)83-41-21-23-43-91(83)106)63-93(88)108(98-85(68-31-18-15-19-32-68)57-75(70-34-27-39-80(55-70)105-13)59-87(98)73-36-26-38-78(54-73)101(7,8)9)95-62-79(102(10,11)12)61-94(96(95)103)107(92)97-84(67-29-16-14-17-30-67)56-74(69-33-24-28-65(52-69)64-104)58-86(97)72-35-25-37-77(53-72)100(4,5)6/h14-63H,1-12H3. The summed E-state index contributed by atoms with van der Waals surface area (Å²) in [5, 5.41) is 12.9. The number of anilines is 6. The van der Waals surface area contributed by atoms with E-state index in [0.717, 1.165) is 129 Å². The van der Waals surface area contributed by atoms with Gasteiger partial charge < -0.3 is 14.4 Å². The average Bonchev–Trinajstić information content (AvgIpc) is 0.721. The van der Waals surface area contributed by atoms with Gasteiger partial charge >= 0.3 is 0 Å². The second kappa shape index (κ2) is 26.2. The van der Waals surface area contributed by atoms with E-state index in [2.05, 4.69) is 375 Å². The van der Waals surface area contributed by atoms with Crippen LogP contribution in [-0.4, -0.2) is 11.3 Å². The molecule has 3 heterocycles. The maximum Gasteiger partial charge on any atom is 0.252 e. The Labute approximate surface area is 637 Å². The van der Waals surface area contributed by atoms with Crippen molar-refractivity contribution in [1.82, 2.24) is 4.57 Å². The molecule has 0 fully saturated rings. The number of aromatic nitrogens is 1. The van der Waals surface area contributed by atoms with Gasteiger partial charge in [0.2, 0.25) is 0 Å². The maximum atomic E-state index is 10.5. The summed E-state index contributed by atoms with van der Waals surface area (Å²) in [5.41, 5.74) is 33.4. The molecule has 5 nitrogen and oxygen atoms in total. The lowest BCUT2D eigenvalue weighted by Crippen LogP contribution is -2.61. The summed E-state index contributed by atoms with van der Waals surface area (Å²) in [6, 6.07) is 115. The molecular formula is C102H86BN5. The van der Waals surface area contributed by atoms with Gasteiger partial charge in [0.25, 0.3) is 6.71 Å². The molecule has 522 valence electrons. The molecule has 0 bridgehead atoms. The topological polar surface area (TPSA) is 39.6 Å². The van der Waals surface area contributed by atoms with E-state index < -0.39 is 5.41 Å². The molecule has 6 heteroatoms. The highest BCUT2D eigenvalue weighted by atomic mass is 15.2. The van der Waals surface area contributed by atoms with Gasteiger partial charge in [-0.15, -0.1) is 0 Å². The zero-order valence-electron chi connectivity index (χ0n) is 63.7. The van der Waals surface area contributed by atoms with Crippen molar-refractivity contribution >= 4 is 84.7 Å². The van der Waals surface area contributed by atoms with Crippen molar-refractivity contribution < 1.29 is 0 Å². The largest absolute Gasteiger partial charge is 0.310 e. The SMILES string of the molecule is [C-]#[N+]c1cccc(-c2cc(-c3ccccc3)c(N3c4cc(-n5c6ccccc6c6ccccc65)ccc4B4c5cc(-c6ccc(C(C)(C)C)cc6)ccc5N(c5c(-c6ccccc6)cc(-c6cccc(C#N)c6)cc5-c5cccc(C(C)(C)C)c5)c5cc(C(C)(C)C)cc3c54)c(-c3cccc(C(C)(C)C)c3)c2)c1. The maximum absolute atomic E-state index is 10.5. The zero-order chi connectivity index (χ0) is 74.7. The van der Waals surface area contributed by atoms with Gasteiger partial charge in [0.1, 0.15) is 0 Å². The summed E-state index contributed by atoms with van der Waals surface area (Å²) in [5.74, 6) is 0. The summed E-state index contributed by atoms with van der Waals surface area (Å²) in [6.07, 6.45) is 0. The fourth-order valence-corrected chi connectivity index (χ4v) is 16.6. The van der Waals surface area contributed by atoms with E-state index in [1.165, 1.54) is 49.4 Å². The minimum Gasteiger partial charge on any atom is -0.310 e. The van der Waals surface area contributed by atoms with Gasteiger partial charge in [-0.2, -0.15) is 5.26 Å². The van der Waals surface area contributed by atoms with Crippen molar-refractivity contribution in [1.29, 1.82) is 5.26 Å². The molecule has 0 spiro atoms. The minimum absolute atomic E-state index is 0.0370. The highest BCUT2D eigenvalue weighted by molar-refractivity contribution is 7.00. The summed E-state index contributed by atoms with van der Waals surface area (Å²) in [7, 11) is 0.